The molecule has 0 saturated heterocycles. The zero-order valence-corrected chi connectivity index (χ0v) is 13.0. The Bertz CT molecular complexity index is 748. The molecule has 3 aromatic rings. The third-order valence-electron chi connectivity index (χ3n) is 3.02. The van der Waals surface area contributed by atoms with Crippen molar-refractivity contribution in [2.24, 2.45) is 0 Å². The van der Waals surface area contributed by atoms with Gasteiger partial charge in [0, 0.05) is 5.56 Å². The van der Waals surface area contributed by atoms with Gasteiger partial charge >= 0.3 is 0 Å². The number of benzene rings is 2. The Hall–Kier alpha value is -1.61. The van der Waals surface area contributed by atoms with E-state index in [2.05, 4.69) is 22.1 Å². The van der Waals surface area contributed by atoms with Crippen molar-refractivity contribution in [1.82, 2.24) is 9.97 Å². The Morgan fingerprint density at radius 1 is 0.571 bits per heavy atom. The third-order valence-corrected chi connectivity index (χ3v) is 4.12. The van der Waals surface area contributed by atoms with E-state index in [1.807, 2.05) is 42.5 Å². The highest BCUT2D eigenvalue weighted by atomic mass is 35.5. The van der Waals surface area contributed by atoms with Crippen LogP contribution in [0, 0.1) is 0 Å². The summed E-state index contributed by atoms with van der Waals surface area (Å²) >= 11 is 17.7. The van der Waals surface area contributed by atoms with Crippen molar-refractivity contribution < 1.29 is 0 Å². The first-order chi connectivity index (χ1) is 10.1. The second-order valence-electron chi connectivity index (χ2n) is 4.39. The molecule has 0 amide bonds. The van der Waals surface area contributed by atoms with Gasteiger partial charge in [-0.2, -0.15) is 0 Å². The number of hydrogen-bond donors (Lipinski definition) is 0. The van der Waals surface area contributed by atoms with Gasteiger partial charge < -0.3 is 0 Å². The minimum Gasteiger partial charge on any atom is -0.215 e. The minimum absolute atomic E-state index is 0.152. The van der Waals surface area contributed by atoms with Crippen LogP contribution in [-0.4, -0.2) is 9.97 Å². The van der Waals surface area contributed by atoms with Gasteiger partial charge in [0.15, 0.2) is 16.1 Å². The molecule has 3 rings (SSSR count). The molecule has 1 heterocycles. The first-order valence-corrected chi connectivity index (χ1v) is 7.33. The Morgan fingerprint density at radius 2 is 1.05 bits per heavy atom. The van der Waals surface area contributed by atoms with Crippen molar-refractivity contribution in [2.75, 3.05) is 0 Å². The predicted octanol–water partition coefficient (Wildman–Crippen LogP) is 5.77. The number of halogens is 3. The van der Waals surface area contributed by atoms with Crippen LogP contribution in [0.4, 0.5) is 0 Å². The second kappa shape index (κ2) is 6.02. The Labute approximate surface area is 137 Å². The quantitative estimate of drug-likeness (QED) is 0.555. The summed E-state index contributed by atoms with van der Waals surface area (Å²) in [6, 6.07) is 18.0. The third kappa shape index (κ3) is 3.03. The summed E-state index contributed by atoms with van der Waals surface area (Å²) in [6.45, 7) is 0. The van der Waals surface area contributed by atoms with E-state index in [1.165, 1.54) is 0 Å². The van der Waals surface area contributed by atoms with E-state index in [0.717, 1.165) is 16.7 Å². The van der Waals surface area contributed by atoms with Crippen LogP contribution in [0.1, 0.15) is 0 Å². The number of hydrogen-bond acceptors (Lipinski definition) is 2. The van der Waals surface area contributed by atoms with E-state index in [-0.39, 0.29) is 15.3 Å². The largest absolute Gasteiger partial charge is 0.215 e. The van der Waals surface area contributed by atoms with Crippen LogP contribution in [0.15, 0.2) is 54.6 Å². The lowest BCUT2D eigenvalue weighted by Crippen LogP contribution is -1.91. The zero-order valence-electron chi connectivity index (χ0n) is 10.7. The summed E-state index contributed by atoms with van der Waals surface area (Å²) in [5, 5.41) is 0.473. The summed E-state index contributed by atoms with van der Waals surface area (Å²) < 4.78 is 0. The van der Waals surface area contributed by atoms with E-state index >= 15 is 0 Å². The SMILES string of the molecule is Clc1nc(-c2ccc(-c3ccccc3)cc2)nc(Cl)c1Cl. The molecule has 0 saturated carbocycles. The van der Waals surface area contributed by atoms with Crippen molar-refractivity contribution in [3.05, 3.63) is 69.9 Å². The van der Waals surface area contributed by atoms with E-state index in [9.17, 15) is 0 Å². The number of aromatic nitrogens is 2. The van der Waals surface area contributed by atoms with Gasteiger partial charge in [-0.3, -0.25) is 0 Å². The first kappa shape index (κ1) is 14.3. The van der Waals surface area contributed by atoms with Crippen molar-refractivity contribution in [3.63, 3.8) is 0 Å². The average Bonchev–Trinajstić information content (AvgIpc) is 2.53. The molecule has 2 nitrogen and oxygen atoms in total. The van der Waals surface area contributed by atoms with Gasteiger partial charge in [-0.25, -0.2) is 9.97 Å². The number of nitrogens with zero attached hydrogens (tertiary/aromatic N) is 2. The molecule has 21 heavy (non-hydrogen) atoms. The Balaban J connectivity index is 1.98. The number of rotatable bonds is 2. The molecule has 0 spiro atoms. The molecule has 2 aromatic carbocycles. The van der Waals surface area contributed by atoms with Crippen LogP contribution in [0.2, 0.25) is 15.3 Å². The second-order valence-corrected chi connectivity index (χ2v) is 5.48. The molecule has 0 N–H and O–H groups in total. The standard InChI is InChI=1S/C16H9Cl3N2/c17-13-14(18)20-16(21-15(13)19)12-8-6-11(7-9-12)10-4-2-1-3-5-10/h1-9H. The lowest BCUT2D eigenvalue weighted by atomic mass is 10.0. The summed E-state index contributed by atoms with van der Waals surface area (Å²) in [4.78, 5) is 8.29. The fourth-order valence-corrected chi connectivity index (χ4v) is 2.44. The molecule has 0 aliphatic rings. The van der Waals surface area contributed by atoms with E-state index < -0.39 is 0 Å². The van der Waals surface area contributed by atoms with Gasteiger partial charge in [0.1, 0.15) is 5.02 Å². The molecular formula is C16H9Cl3N2. The Kier molecular flexibility index (Phi) is 4.11. The topological polar surface area (TPSA) is 25.8 Å². The molecule has 0 bridgehead atoms. The molecular weight excluding hydrogens is 327 g/mol. The van der Waals surface area contributed by atoms with E-state index in [4.69, 9.17) is 34.8 Å². The predicted molar refractivity (Wildman–Crippen MR) is 87.9 cm³/mol. The minimum atomic E-state index is 0.152. The first-order valence-electron chi connectivity index (χ1n) is 6.19. The van der Waals surface area contributed by atoms with Gasteiger partial charge in [0.2, 0.25) is 0 Å². The lowest BCUT2D eigenvalue weighted by molar-refractivity contribution is 1.18. The van der Waals surface area contributed by atoms with Crippen LogP contribution >= 0.6 is 34.8 Å². The summed E-state index contributed by atoms with van der Waals surface area (Å²) in [6.07, 6.45) is 0. The van der Waals surface area contributed by atoms with Crippen LogP contribution in [0.3, 0.4) is 0 Å². The lowest BCUT2D eigenvalue weighted by Gasteiger charge is -2.05. The van der Waals surface area contributed by atoms with Gasteiger partial charge in [0.05, 0.1) is 0 Å². The maximum absolute atomic E-state index is 5.93. The van der Waals surface area contributed by atoms with E-state index in [0.29, 0.717) is 5.82 Å². The normalized spacial score (nSPS) is 10.6. The fraction of sp³-hybridized carbons (Fsp3) is 0. The summed E-state index contributed by atoms with van der Waals surface area (Å²) in [5.74, 6) is 0.453. The van der Waals surface area contributed by atoms with Gasteiger partial charge in [0.25, 0.3) is 0 Å². The molecule has 5 heteroatoms. The highest BCUT2D eigenvalue weighted by molar-refractivity contribution is 6.46. The fourth-order valence-electron chi connectivity index (χ4n) is 1.97. The molecule has 0 unspecified atom stereocenters. The van der Waals surface area contributed by atoms with Crippen LogP contribution in [-0.2, 0) is 0 Å². The average molecular weight is 336 g/mol. The van der Waals surface area contributed by atoms with Crippen molar-refractivity contribution in [2.45, 2.75) is 0 Å². The van der Waals surface area contributed by atoms with Crippen molar-refractivity contribution in [1.29, 1.82) is 0 Å². The molecule has 1 aromatic heterocycles. The van der Waals surface area contributed by atoms with Gasteiger partial charge in [-0.05, 0) is 11.1 Å². The molecule has 0 radical (unpaired) electrons. The molecule has 0 fully saturated rings. The highest BCUT2D eigenvalue weighted by Gasteiger charge is 2.11. The Morgan fingerprint density at radius 3 is 1.62 bits per heavy atom. The maximum Gasteiger partial charge on any atom is 0.162 e. The summed E-state index contributed by atoms with van der Waals surface area (Å²) in [7, 11) is 0. The smallest absolute Gasteiger partial charge is 0.162 e. The van der Waals surface area contributed by atoms with Gasteiger partial charge in [-0.15, -0.1) is 0 Å². The van der Waals surface area contributed by atoms with Crippen LogP contribution in [0.25, 0.3) is 22.5 Å². The molecule has 0 aliphatic heterocycles. The molecule has 0 aliphatic carbocycles. The van der Waals surface area contributed by atoms with Crippen molar-refractivity contribution in [3.8, 4) is 22.5 Å². The summed E-state index contributed by atoms with van der Waals surface area (Å²) in [5.41, 5.74) is 3.10. The van der Waals surface area contributed by atoms with Crippen LogP contribution < -0.4 is 0 Å². The maximum atomic E-state index is 5.93. The van der Waals surface area contributed by atoms with E-state index in [1.54, 1.807) is 0 Å². The molecule has 0 atom stereocenters. The molecule has 104 valence electrons. The van der Waals surface area contributed by atoms with Gasteiger partial charge in [-0.1, -0.05) is 89.4 Å². The zero-order chi connectivity index (χ0) is 14.8. The van der Waals surface area contributed by atoms with Crippen molar-refractivity contribution >= 4 is 34.8 Å². The van der Waals surface area contributed by atoms with Crippen LogP contribution in [0.5, 0.6) is 0 Å². The monoisotopic (exact) mass is 334 g/mol. The highest BCUT2D eigenvalue weighted by Crippen LogP contribution is 2.30.